The fourth-order valence-corrected chi connectivity index (χ4v) is 0.245. The lowest BCUT2D eigenvalue weighted by Gasteiger charge is -2.01. The Balaban J connectivity index is 3.12. The molecule has 2 heteroatoms. The van der Waals surface area contributed by atoms with Crippen LogP contribution in [0.15, 0.2) is 11.8 Å². The molecule has 0 fully saturated rings. The average molecular weight is 115 g/mol. The molecule has 0 amide bonds. The van der Waals surface area contributed by atoms with Crippen molar-refractivity contribution in [3.8, 4) is 0 Å². The summed E-state index contributed by atoms with van der Waals surface area (Å²) < 4.78 is 0. The van der Waals surface area contributed by atoms with E-state index in [0.717, 1.165) is 12.3 Å². The second kappa shape index (κ2) is 4.65. The molecule has 0 rings (SSSR count). The number of hydroxylamine groups is 1. The van der Waals surface area contributed by atoms with Crippen molar-refractivity contribution in [3.63, 3.8) is 0 Å². The lowest BCUT2D eigenvalue weighted by atomic mass is 10.5. The molecule has 0 aliphatic rings. The highest BCUT2D eigenvalue weighted by molar-refractivity contribution is 4.82. The first-order valence-electron chi connectivity index (χ1n) is 2.83. The maximum Gasteiger partial charge on any atom is 0.116 e. The zero-order chi connectivity index (χ0) is 6.41. The predicted molar refractivity (Wildman–Crippen MR) is 34.2 cm³/mol. The normalized spacial score (nSPS) is 11.6. The summed E-state index contributed by atoms with van der Waals surface area (Å²) in [6.45, 7) is 6.67. The van der Waals surface area contributed by atoms with Gasteiger partial charge in [0.25, 0.3) is 0 Å². The van der Waals surface area contributed by atoms with Gasteiger partial charge in [0.2, 0.25) is 0 Å². The van der Waals surface area contributed by atoms with Gasteiger partial charge in [-0.1, -0.05) is 0 Å². The van der Waals surface area contributed by atoms with Crippen molar-refractivity contribution < 1.29 is 4.84 Å². The third-order valence-electron chi connectivity index (χ3n) is 0.784. The van der Waals surface area contributed by atoms with Crippen LogP contribution in [0.5, 0.6) is 0 Å². The number of hydrogen-bond donors (Lipinski definition) is 1. The van der Waals surface area contributed by atoms with E-state index < -0.39 is 0 Å². The van der Waals surface area contributed by atoms with Gasteiger partial charge in [0.15, 0.2) is 0 Å². The van der Waals surface area contributed by atoms with Crippen molar-refractivity contribution in [2.75, 3.05) is 6.54 Å². The summed E-state index contributed by atoms with van der Waals surface area (Å²) in [7, 11) is 0. The smallest absolute Gasteiger partial charge is 0.116 e. The minimum absolute atomic E-state index is 0.838. The summed E-state index contributed by atoms with van der Waals surface area (Å²) in [5.41, 5.74) is 2.73. The van der Waals surface area contributed by atoms with Gasteiger partial charge in [-0.15, -0.1) is 0 Å². The molecule has 48 valence electrons. The molecule has 0 heterocycles. The summed E-state index contributed by atoms with van der Waals surface area (Å²) in [5.74, 6) is 0.909. The average Bonchev–Trinajstić information content (AvgIpc) is 1.83. The van der Waals surface area contributed by atoms with Crippen LogP contribution in [-0.4, -0.2) is 6.54 Å². The highest BCUT2D eigenvalue weighted by Gasteiger charge is 1.80. The molecule has 0 saturated carbocycles. The van der Waals surface area contributed by atoms with E-state index in [4.69, 9.17) is 4.84 Å². The maximum atomic E-state index is 4.95. The van der Waals surface area contributed by atoms with E-state index in [9.17, 15) is 0 Å². The summed E-state index contributed by atoms with van der Waals surface area (Å²) in [5, 5.41) is 0. The van der Waals surface area contributed by atoms with Gasteiger partial charge in [-0.25, -0.2) is 0 Å². The minimum Gasteiger partial charge on any atom is -0.414 e. The van der Waals surface area contributed by atoms with E-state index >= 15 is 0 Å². The molecular formula is C6H13NO. The van der Waals surface area contributed by atoms with Crippen LogP contribution < -0.4 is 5.48 Å². The van der Waals surface area contributed by atoms with Crippen LogP contribution in [-0.2, 0) is 4.84 Å². The topological polar surface area (TPSA) is 21.3 Å². The summed E-state index contributed by atoms with van der Waals surface area (Å²) in [6, 6.07) is 0. The molecule has 0 aliphatic heterocycles. The SMILES string of the molecule is CC=C(C)ONCC. The van der Waals surface area contributed by atoms with Crippen LogP contribution in [0.25, 0.3) is 0 Å². The summed E-state index contributed by atoms with van der Waals surface area (Å²) in [4.78, 5) is 4.95. The lowest BCUT2D eigenvalue weighted by molar-refractivity contribution is 0.111. The molecule has 0 aromatic carbocycles. The Hall–Kier alpha value is -0.500. The predicted octanol–water partition coefficient (Wildman–Crippen LogP) is 1.45. The van der Waals surface area contributed by atoms with Gasteiger partial charge >= 0.3 is 0 Å². The Morgan fingerprint density at radius 1 is 1.75 bits per heavy atom. The number of hydrogen-bond acceptors (Lipinski definition) is 2. The third-order valence-corrected chi connectivity index (χ3v) is 0.784. The van der Waals surface area contributed by atoms with E-state index in [-0.39, 0.29) is 0 Å². The van der Waals surface area contributed by atoms with E-state index in [2.05, 4.69) is 5.48 Å². The van der Waals surface area contributed by atoms with Crippen LogP contribution in [0.1, 0.15) is 20.8 Å². The highest BCUT2D eigenvalue weighted by Crippen LogP contribution is 1.88. The van der Waals surface area contributed by atoms with Crippen molar-refractivity contribution in [2.45, 2.75) is 20.8 Å². The standard InChI is InChI=1S/C6H13NO/c1-4-6(3)8-7-5-2/h4,7H,5H2,1-3H3. The molecule has 0 aromatic rings. The second-order valence-corrected chi connectivity index (χ2v) is 1.50. The Morgan fingerprint density at radius 2 is 2.38 bits per heavy atom. The summed E-state index contributed by atoms with van der Waals surface area (Å²) >= 11 is 0. The fraction of sp³-hybridized carbons (Fsp3) is 0.667. The van der Waals surface area contributed by atoms with Gasteiger partial charge < -0.3 is 4.84 Å². The van der Waals surface area contributed by atoms with Crippen LogP contribution >= 0.6 is 0 Å². The van der Waals surface area contributed by atoms with Crippen molar-refractivity contribution in [2.24, 2.45) is 0 Å². The van der Waals surface area contributed by atoms with Gasteiger partial charge in [-0.05, 0) is 26.8 Å². The first-order chi connectivity index (χ1) is 3.81. The van der Waals surface area contributed by atoms with E-state index in [1.807, 2.05) is 26.8 Å². The van der Waals surface area contributed by atoms with Crippen molar-refractivity contribution in [1.82, 2.24) is 5.48 Å². The molecule has 2 nitrogen and oxygen atoms in total. The molecule has 1 N–H and O–H groups in total. The van der Waals surface area contributed by atoms with Crippen molar-refractivity contribution in [1.29, 1.82) is 0 Å². The van der Waals surface area contributed by atoms with Crippen molar-refractivity contribution in [3.05, 3.63) is 11.8 Å². The molecule has 0 atom stereocenters. The minimum atomic E-state index is 0.838. The zero-order valence-electron chi connectivity index (χ0n) is 5.69. The van der Waals surface area contributed by atoms with Gasteiger partial charge in [-0.2, -0.15) is 5.48 Å². The van der Waals surface area contributed by atoms with Gasteiger partial charge in [0.1, 0.15) is 5.76 Å². The van der Waals surface area contributed by atoms with Gasteiger partial charge in [0.05, 0.1) is 0 Å². The molecular weight excluding hydrogens is 102 g/mol. The quantitative estimate of drug-likeness (QED) is 0.444. The molecule has 0 saturated heterocycles. The second-order valence-electron chi connectivity index (χ2n) is 1.50. The van der Waals surface area contributed by atoms with Crippen LogP contribution in [0.2, 0.25) is 0 Å². The van der Waals surface area contributed by atoms with Crippen LogP contribution in [0, 0.1) is 0 Å². The Morgan fingerprint density at radius 3 is 2.75 bits per heavy atom. The Bertz CT molecular complexity index is 78.6. The van der Waals surface area contributed by atoms with Gasteiger partial charge in [-0.3, -0.25) is 0 Å². The van der Waals surface area contributed by atoms with Crippen molar-refractivity contribution >= 4 is 0 Å². The number of allylic oxidation sites excluding steroid dienone is 2. The van der Waals surface area contributed by atoms with E-state index in [1.165, 1.54) is 0 Å². The monoisotopic (exact) mass is 115 g/mol. The highest BCUT2D eigenvalue weighted by atomic mass is 16.6. The summed E-state index contributed by atoms with van der Waals surface area (Å²) in [6.07, 6.45) is 1.91. The first-order valence-corrected chi connectivity index (χ1v) is 2.83. The van der Waals surface area contributed by atoms with Gasteiger partial charge in [0, 0.05) is 6.54 Å². The Kier molecular flexibility index (Phi) is 4.36. The molecule has 0 bridgehead atoms. The third kappa shape index (κ3) is 3.68. The van der Waals surface area contributed by atoms with E-state index in [1.54, 1.807) is 0 Å². The van der Waals surface area contributed by atoms with Crippen LogP contribution in [0.3, 0.4) is 0 Å². The Labute approximate surface area is 50.5 Å². The molecule has 0 aromatic heterocycles. The molecule has 0 unspecified atom stereocenters. The maximum absolute atomic E-state index is 4.95. The first kappa shape index (κ1) is 7.50. The molecule has 0 spiro atoms. The zero-order valence-corrected chi connectivity index (χ0v) is 5.69. The lowest BCUT2D eigenvalue weighted by Crippen LogP contribution is -2.11. The molecule has 0 aliphatic carbocycles. The number of nitrogens with one attached hydrogen (secondary N) is 1. The largest absolute Gasteiger partial charge is 0.414 e. The van der Waals surface area contributed by atoms with E-state index in [0.29, 0.717) is 0 Å². The molecule has 8 heavy (non-hydrogen) atoms. The molecule has 0 radical (unpaired) electrons. The number of rotatable bonds is 3. The fourth-order valence-electron chi connectivity index (χ4n) is 0.245. The van der Waals surface area contributed by atoms with Crippen LogP contribution in [0.4, 0.5) is 0 Å².